The van der Waals surface area contributed by atoms with Crippen LogP contribution in [0.2, 0.25) is 0 Å². The highest BCUT2D eigenvalue weighted by atomic mass is 16.6. The highest BCUT2D eigenvalue weighted by Gasteiger charge is 2.32. The summed E-state index contributed by atoms with van der Waals surface area (Å²) < 4.78 is 6.84. The van der Waals surface area contributed by atoms with Crippen molar-refractivity contribution in [1.29, 1.82) is 0 Å². The summed E-state index contributed by atoms with van der Waals surface area (Å²) in [6.45, 7) is 14.2. The van der Waals surface area contributed by atoms with Crippen molar-refractivity contribution >= 4 is 41.1 Å². The van der Waals surface area contributed by atoms with Gasteiger partial charge in [0.1, 0.15) is 12.1 Å². The Morgan fingerprint density at radius 1 is 1.00 bits per heavy atom. The maximum Gasteiger partial charge on any atom is 0.409 e. The monoisotopic (exact) mass is 591 g/mol. The summed E-state index contributed by atoms with van der Waals surface area (Å²) in [4.78, 5) is 45.6. The molecule has 0 saturated carbocycles. The molecule has 3 N–H and O–H groups in total. The lowest BCUT2D eigenvalue weighted by Crippen LogP contribution is -2.58. The molecule has 0 bridgehead atoms. The molecule has 0 aliphatic carbocycles. The number of amides is 2. The quantitative estimate of drug-likeness (QED) is 0.417. The molecule has 2 aromatic heterocycles. The van der Waals surface area contributed by atoms with Crippen molar-refractivity contribution in [3.05, 3.63) is 36.7 Å². The lowest BCUT2D eigenvalue weighted by atomic mass is 10.1. The number of ether oxygens (including phenoxy) is 1. The third-order valence-corrected chi connectivity index (χ3v) is 7.66. The first kappa shape index (κ1) is 29.9. The number of nitrogens with two attached hydrogens (primary N) is 1. The number of hydrogen-bond donors (Lipinski definition) is 2. The molecule has 5 rings (SSSR count). The second-order valence-corrected chi connectivity index (χ2v) is 11.6. The number of nitrogens with one attached hydrogen (secondary N) is 1. The molecule has 14 heteroatoms. The number of rotatable bonds is 7. The van der Waals surface area contributed by atoms with E-state index in [1.54, 1.807) is 11.8 Å². The topological polar surface area (TPSA) is 151 Å². The number of piperazine rings is 2. The van der Waals surface area contributed by atoms with Crippen LogP contribution in [0.4, 0.5) is 33.9 Å². The van der Waals surface area contributed by atoms with E-state index in [9.17, 15) is 9.59 Å². The maximum absolute atomic E-state index is 12.3. The van der Waals surface area contributed by atoms with Crippen molar-refractivity contribution in [1.82, 2.24) is 34.5 Å². The summed E-state index contributed by atoms with van der Waals surface area (Å²) in [6.07, 6.45) is 1.24. The molecular weight excluding hydrogens is 550 g/mol. The van der Waals surface area contributed by atoms with Gasteiger partial charge in [-0.1, -0.05) is 13.8 Å². The molecule has 2 saturated heterocycles. The zero-order valence-corrected chi connectivity index (χ0v) is 25.5. The SMILES string of the molecule is CC(=O)N1[C@H](C)CN(c2cc(-n3nc(Nc4ccc(N5CCN(C(=O)OCC(C)C)CC5)cc4)nc3N)ncn2)C[C@@H]1C. The summed E-state index contributed by atoms with van der Waals surface area (Å²) >= 11 is 0. The largest absolute Gasteiger partial charge is 0.449 e. The van der Waals surface area contributed by atoms with E-state index >= 15 is 0 Å². The van der Waals surface area contributed by atoms with Crippen molar-refractivity contribution in [2.24, 2.45) is 5.92 Å². The Bertz CT molecular complexity index is 1410. The minimum absolute atomic E-state index is 0.0567. The Morgan fingerprint density at radius 2 is 1.65 bits per heavy atom. The molecule has 0 spiro atoms. The van der Waals surface area contributed by atoms with Crippen LogP contribution in [0.1, 0.15) is 34.6 Å². The summed E-state index contributed by atoms with van der Waals surface area (Å²) in [7, 11) is 0. The van der Waals surface area contributed by atoms with Gasteiger partial charge >= 0.3 is 6.09 Å². The molecular formula is C29H41N11O3. The van der Waals surface area contributed by atoms with Crippen LogP contribution in [0.5, 0.6) is 0 Å². The smallest absolute Gasteiger partial charge is 0.409 e. The van der Waals surface area contributed by atoms with Gasteiger partial charge in [-0.2, -0.15) is 9.67 Å². The summed E-state index contributed by atoms with van der Waals surface area (Å²) in [6, 6.07) is 9.92. The first-order valence-electron chi connectivity index (χ1n) is 14.7. The van der Waals surface area contributed by atoms with E-state index in [-0.39, 0.29) is 30.0 Å². The Kier molecular flexibility index (Phi) is 8.83. The van der Waals surface area contributed by atoms with Gasteiger partial charge in [0.05, 0.1) is 6.61 Å². The molecule has 2 fully saturated rings. The highest BCUT2D eigenvalue weighted by Crippen LogP contribution is 2.25. The molecule has 43 heavy (non-hydrogen) atoms. The zero-order valence-electron chi connectivity index (χ0n) is 25.5. The molecule has 2 aliphatic rings. The van der Waals surface area contributed by atoms with Gasteiger partial charge < -0.3 is 35.4 Å². The second kappa shape index (κ2) is 12.7. The third-order valence-electron chi connectivity index (χ3n) is 7.66. The van der Waals surface area contributed by atoms with Crippen LogP contribution < -0.4 is 20.9 Å². The number of aromatic nitrogens is 5. The van der Waals surface area contributed by atoms with Crippen LogP contribution in [-0.2, 0) is 9.53 Å². The Balaban J connectivity index is 1.20. The highest BCUT2D eigenvalue weighted by molar-refractivity contribution is 5.74. The van der Waals surface area contributed by atoms with Crippen molar-refractivity contribution in [3.63, 3.8) is 0 Å². The van der Waals surface area contributed by atoms with Gasteiger partial charge in [-0.05, 0) is 44.0 Å². The fourth-order valence-electron chi connectivity index (χ4n) is 5.66. The number of anilines is 5. The van der Waals surface area contributed by atoms with Crippen LogP contribution in [-0.4, -0.2) is 104 Å². The van der Waals surface area contributed by atoms with E-state index in [0.29, 0.717) is 50.5 Å². The fourth-order valence-corrected chi connectivity index (χ4v) is 5.66. The fraction of sp³-hybridized carbons (Fsp3) is 0.517. The lowest BCUT2D eigenvalue weighted by Gasteiger charge is -2.44. The van der Waals surface area contributed by atoms with E-state index < -0.39 is 0 Å². The Morgan fingerprint density at radius 3 is 2.28 bits per heavy atom. The van der Waals surface area contributed by atoms with Crippen LogP contribution in [0.15, 0.2) is 36.7 Å². The first-order valence-corrected chi connectivity index (χ1v) is 14.7. The minimum atomic E-state index is -0.242. The molecule has 0 radical (unpaired) electrons. The summed E-state index contributed by atoms with van der Waals surface area (Å²) in [5.74, 6) is 2.16. The molecule has 230 valence electrons. The molecule has 0 unspecified atom stereocenters. The molecule has 4 heterocycles. The zero-order chi connectivity index (χ0) is 30.7. The molecule has 2 amide bonds. The van der Waals surface area contributed by atoms with E-state index in [0.717, 1.165) is 30.3 Å². The van der Waals surface area contributed by atoms with Gasteiger partial charge in [-0.25, -0.2) is 14.8 Å². The molecule has 14 nitrogen and oxygen atoms in total. The minimum Gasteiger partial charge on any atom is -0.449 e. The normalized spacial score (nSPS) is 19.1. The Labute approximate surface area is 251 Å². The predicted molar refractivity (Wildman–Crippen MR) is 165 cm³/mol. The average Bonchev–Trinajstić information content (AvgIpc) is 3.35. The summed E-state index contributed by atoms with van der Waals surface area (Å²) in [5, 5.41) is 7.75. The standard InChI is InChI=1S/C29H41N11O3/c1-19(2)17-43-29(42)37-12-10-36(11-13-37)24-8-6-23(7-9-24)33-28-34-27(30)40(35-28)26-14-25(31-18-32-26)38-15-20(3)39(22(5)41)21(4)16-38/h6-9,14,18-21H,10-13,15-17H2,1-5H3,(H3,30,33,34,35)/t20-,21+. The van der Waals surface area contributed by atoms with Gasteiger partial charge in [0, 0.05) is 75.7 Å². The second-order valence-electron chi connectivity index (χ2n) is 11.6. The van der Waals surface area contributed by atoms with Crippen molar-refractivity contribution in [3.8, 4) is 5.82 Å². The molecule has 3 aromatic rings. The number of benzene rings is 1. The van der Waals surface area contributed by atoms with Gasteiger partial charge in [0.2, 0.25) is 17.8 Å². The number of carbonyl (C=O) groups excluding carboxylic acids is 2. The average molecular weight is 592 g/mol. The third kappa shape index (κ3) is 6.89. The van der Waals surface area contributed by atoms with Gasteiger partial charge in [-0.15, -0.1) is 5.10 Å². The first-order chi connectivity index (χ1) is 20.6. The molecule has 2 aliphatic heterocycles. The summed E-state index contributed by atoms with van der Waals surface area (Å²) in [5.41, 5.74) is 8.11. The predicted octanol–water partition coefficient (Wildman–Crippen LogP) is 2.74. The number of nitrogen functional groups attached to an aromatic ring is 1. The van der Waals surface area contributed by atoms with Crippen molar-refractivity contribution in [2.45, 2.75) is 46.7 Å². The van der Waals surface area contributed by atoms with E-state index in [2.05, 4.69) is 35.2 Å². The lowest BCUT2D eigenvalue weighted by molar-refractivity contribution is -0.133. The van der Waals surface area contributed by atoms with E-state index in [1.807, 2.05) is 62.9 Å². The van der Waals surface area contributed by atoms with Gasteiger partial charge in [0.15, 0.2) is 5.82 Å². The Hall–Kier alpha value is -4.62. The van der Waals surface area contributed by atoms with Crippen molar-refractivity contribution in [2.75, 3.05) is 66.7 Å². The number of hydrogen-bond acceptors (Lipinski definition) is 11. The maximum atomic E-state index is 12.3. The van der Waals surface area contributed by atoms with Crippen LogP contribution in [0.3, 0.4) is 0 Å². The van der Waals surface area contributed by atoms with Crippen LogP contribution in [0, 0.1) is 5.92 Å². The molecule has 2 atom stereocenters. The van der Waals surface area contributed by atoms with Gasteiger partial charge in [0.25, 0.3) is 0 Å². The van der Waals surface area contributed by atoms with Crippen LogP contribution >= 0.6 is 0 Å². The molecule has 1 aromatic carbocycles. The van der Waals surface area contributed by atoms with E-state index in [1.165, 1.54) is 11.0 Å². The number of nitrogens with zero attached hydrogens (tertiary/aromatic N) is 9. The van der Waals surface area contributed by atoms with E-state index in [4.69, 9.17) is 10.5 Å². The number of carbonyl (C=O) groups is 2. The van der Waals surface area contributed by atoms with Gasteiger partial charge in [-0.3, -0.25) is 4.79 Å². The van der Waals surface area contributed by atoms with Crippen LogP contribution in [0.25, 0.3) is 5.82 Å². The van der Waals surface area contributed by atoms with Crippen molar-refractivity contribution < 1.29 is 14.3 Å².